The maximum absolute atomic E-state index is 13.3. The van der Waals surface area contributed by atoms with Crippen molar-refractivity contribution in [3.05, 3.63) is 0 Å². The van der Waals surface area contributed by atoms with Crippen LogP contribution in [0, 0.1) is 11.8 Å². The highest BCUT2D eigenvalue weighted by atomic mass is 16.5. The number of carbonyl (C=O) groups excluding carboxylic acids is 2. The molecule has 0 aromatic rings. The van der Waals surface area contributed by atoms with Gasteiger partial charge in [0.2, 0.25) is 0 Å². The van der Waals surface area contributed by atoms with Crippen LogP contribution in [0.3, 0.4) is 0 Å². The van der Waals surface area contributed by atoms with Gasteiger partial charge >= 0.3 is 11.9 Å². The minimum Gasteiger partial charge on any atom is -0.465 e. The van der Waals surface area contributed by atoms with Crippen LogP contribution in [0.25, 0.3) is 0 Å². The molecule has 63 heavy (non-hydrogen) atoms. The average molecular weight is 891 g/mol. The smallest absolute Gasteiger partial charge is 0.307 e. The van der Waals surface area contributed by atoms with Crippen LogP contribution in [-0.2, 0) is 19.1 Å². The third kappa shape index (κ3) is 39.7. The number of hydrogen-bond acceptors (Lipinski definition) is 7. The van der Waals surface area contributed by atoms with Crippen molar-refractivity contribution >= 4 is 11.9 Å². The molecule has 1 aliphatic heterocycles. The van der Waals surface area contributed by atoms with Crippen molar-refractivity contribution in [1.82, 2.24) is 14.7 Å². The van der Waals surface area contributed by atoms with Crippen molar-refractivity contribution < 1.29 is 19.1 Å². The third-order valence-electron chi connectivity index (χ3n) is 14.1. The molecule has 0 spiro atoms. The van der Waals surface area contributed by atoms with E-state index in [1.807, 2.05) is 0 Å². The van der Waals surface area contributed by atoms with E-state index >= 15 is 0 Å². The maximum Gasteiger partial charge on any atom is 0.307 e. The summed E-state index contributed by atoms with van der Waals surface area (Å²) in [5.74, 6) is 0.981. The molecule has 2 atom stereocenters. The van der Waals surface area contributed by atoms with E-state index in [0.717, 1.165) is 71.6 Å². The second-order valence-electron chi connectivity index (χ2n) is 20.3. The summed E-state index contributed by atoms with van der Waals surface area (Å²) in [6, 6.07) is 0. The number of unbranched alkanes of at least 4 members (excludes halogenated alkanes) is 26. The highest BCUT2D eigenvalue weighted by Gasteiger charge is 2.18. The minimum atomic E-state index is -0.0218. The van der Waals surface area contributed by atoms with Gasteiger partial charge in [0.05, 0.1) is 19.6 Å². The maximum atomic E-state index is 13.3. The van der Waals surface area contributed by atoms with E-state index in [0.29, 0.717) is 37.9 Å². The number of hydrogen-bond donors (Lipinski definition) is 0. The first-order valence-electron chi connectivity index (χ1n) is 28.4. The molecule has 1 heterocycles. The molecule has 7 heteroatoms. The standard InChI is InChI=1S/C56H111N3O4/c1-6-10-14-18-21-23-24-26-29-34-40-54(39-33-28-25-22-19-15-11-7-2)52-63-56(61)42-44-58(49-50-59-47-45-57(5)46-48-59)43-36-30-35-41-55(60)62-51-53(37-31-17-13-9-4)38-32-27-20-16-12-8-3/h53-54H,6-52H2,1-5H3. The Morgan fingerprint density at radius 3 is 1.17 bits per heavy atom. The molecule has 2 unspecified atom stereocenters. The largest absolute Gasteiger partial charge is 0.465 e. The van der Waals surface area contributed by atoms with Gasteiger partial charge in [0.15, 0.2) is 0 Å². The van der Waals surface area contributed by atoms with E-state index in [1.165, 1.54) is 205 Å². The molecule has 0 radical (unpaired) electrons. The van der Waals surface area contributed by atoms with Crippen LogP contribution < -0.4 is 0 Å². The molecule has 0 aromatic carbocycles. The summed E-state index contributed by atoms with van der Waals surface area (Å²) in [5, 5.41) is 0. The SMILES string of the molecule is CCCCCCCCCCCCC(CCCCCCCCCC)COC(=O)CCN(CCCCCC(=O)OCC(CCCCCC)CCCCCCCC)CCN1CCN(C)CC1. The molecule has 1 aliphatic rings. The zero-order chi connectivity index (χ0) is 45.7. The summed E-state index contributed by atoms with van der Waals surface area (Å²) in [4.78, 5) is 33.6. The first-order chi connectivity index (χ1) is 30.9. The number of rotatable bonds is 48. The Labute approximate surface area is 394 Å². The zero-order valence-corrected chi connectivity index (χ0v) is 43.4. The van der Waals surface area contributed by atoms with Crippen LogP contribution in [0.2, 0.25) is 0 Å². The quantitative estimate of drug-likeness (QED) is 0.0445. The van der Waals surface area contributed by atoms with Crippen LogP contribution in [0.1, 0.15) is 265 Å². The van der Waals surface area contributed by atoms with Crippen molar-refractivity contribution in [2.45, 2.75) is 265 Å². The summed E-state index contributed by atoms with van der Waals surface area (Å²) in [6.45, 7) is 18.6. The van der Waals surface area contributed by atoms with Gasteiger partial charge in [-0.25, -0.2) is 0 Å². The molecule has 0 aliphatic carbocycles. The Morgan fingerprint density at radius 2 is 0.762 bits per heavy atom. The normalized spacial score (nSPS) is 14.7. The molecule has 0 aromatic heterocycles. The van der Waals surface area contributed by atoms with Crippen LogP contribution in [0.15, 0.2) is 0 Å². The zero-order valence-electron chi connectivity index (χ0n) is 43.4. The molecule has 0 saturated carbocycles. The van der Waals surface area contributed by atoms with E-state index in [2.05, 4.69) is 49.4 Å². The second-order valence-corrected chi connectivity index (χ2v) is 20.3. The van der Waals surface area contributed by atoms with Crippen molar-refractivity contribution in [3.8, 4) is 0 Å². The van der Waals surface area contributed by atoms with Gasteiger partial charge in [-0.1, -0.05) is 214 Å². The van der Waals surface area contributed by atoms with Gasteiger partial charge in [-0.05, 0) is 64.0 Å². The fourth-order valence-electron chi connectivity index (χ4n) is 9.47. The number of likely N-dealkylation sites (N-methyl/N-ethyl adjacent to an activating group) is 1. The fourth-order valence-corrected chi connectivity index (χ4v) is 9.47. The predicted octanol–water partition coefficient (Wildman–Crippen LogP) is 15.4. The van der Waals surface area contributed by atoms with Crippen LogP contribution >= 0.6 is 0 Å². The monoisotopic (exact) mass is 890 g/mol. The number of esters is 2. The Kier molecular flexibility index (Phi) is 43.6. The Hall–Kier alpha value is -1.18. The molecule has 1 rings (SSSR count). The number of nitrogens with zero attached hydrogens (tertiary/aromatic N) is 3. The van der Waals surface area contributed by atoms with E-state index < -0.39 is 0 Å². The molecule has 0 bridgehead atoms. The lowest BCUT2D eigenvalue weighted by molar-refractivity contribution is -0.146. The Morgan fingerprint density at radius 1 is 0.413 bits per heavy atom. The van der Waals surface area contributed by atoms with Gasteiger partial charge in [-0.3, -0.25) is 14.5 Å². The fraction of sp³-hybridized carbons (Fsp3) is 0.964. The predicted molar refractivity (Wildman–Crippen MR) is 273 cm³/mol. The lowest BCUT2D eigenvalue weighted by atomic mass is 9.94. The van der Waals surface area contributed by atoms with Gasteiger partial charge in [0.25, 0.3) is 0 Å². The van der Waals surface area contributed by atoms with E-state index in [9.17, 15) is 9.59 Å². The molecule has 374 valence electrons. The molecule has 0 N–H and O–H groups in total. The topological polar surface area (TPSA) is 62.3 Å². The molecular weight excluding hydrogens is 779 g/mol. The summed E-state index contributed by atoms with van der Waals surface area (Å²) < 4.78 is 12.0. The van der Waals surface area contributed by atoms with Crippen molar-refractivity contribution in [3.63, 3.8) is 0 Å². The minimum absolute atomic E-state index is 0.0138. The van der Waals surface area contributed by atoms with E-state index in [4.69, 9.17) is 9.47 Å². The molecule has 1 fully saturated rings. The van der Waals surface area contributed by atoms with Crippen molar-refractivity contribution in [1.29, 1.82) is 0 Å². The van der Waals surface area contributed by atoms with E-state index in [-0.39, 0.29) is 11.9 Å². The number of ether oxygens (including phenoxy) is 2. The lowest BCUT2D eigenvalue weighted by Crippen LogP contribution is -2.47. The van der Waals surface area contributed by atoms with E-state index in [1.54, 1.807) is 0 Å². The second kappa shape index (κ2) is 46.0. The van der Waals surface area contributed by atoms with Gasteiger partial charge in [0.1, 0.15) is 0 Å². The van der Waals surface area contributed by atoms with Crippen LogP contribution in [0.4, 0.5) is 0 Å². The Balaban J connectivity index is 2.56. The first-order valence-corrected chi connectivity index (χ1v) is 28.4. The summed E-state index contributed by atoms with van der Waals surface area (Å²) in [6.07, 6.45) is 46.1. The average Bonchev–Trinajstić information content (AvgIpc) is 3.29. The third-order valence-corrected chi connectivity index (χ3v) is 14.1. The molecule has 1 saturated heterocycles. The number of piperazine rings is 1. The van der Waals surface area contributed by atoms with Crippen molar-refractivity contribution in [2.24, 2.45) is 11.8 Å². The van der Waals surface area contributed by atoms with Crippen molar-refractivity contribution in [2.75, 3.05) is 72.6 Å². The van der Waals surface area contributed by atoms with Crippen LogP contribution in [0.5, 0.6) is 0 Å². The van der Waals surface area contributed by atoms with Gasteiger partial charge in [-0.2, -0.15) is 0 Å². The summed E-state index contributed by atoms with van der Waals surface area (Å²) in [7, 11) is 2.21. The lowest BCUT2D eigenvalue weighted by Gasteiger charge is -2.34. The highest BCUT2D eigenvalue weighted by Crippen LogP contribution is 2.22. The summed E-state index contributed by atoms with van der Waals surface area (Å²) >= 11 is 0. The van der Waals surface area contributed by atoms with Gasteiger partial charge in [-0.15, -0.1) is 0 Å². The molecular formula is C56H111N3O4. The van der Waals surface area contributed by atoms with Crippen LogP contribution in [-0.4, -0.2) is 99.3 Å². The first kappa shape index (κ1) is 59.8. The number of carbonyl (C=O) groups is 2. The molecule has 0 amide bonds. The highest BCUT2D eigenvalue weighted by molar-refractivity contribution is 5.69. The molecule has 7 nitrogen and oxygen atoms in total. The summed E-state index contributed by atoms with van der Waals surface area (Å²) in [5.41, 5.74) is 0. The van der Waals surface area contributed by atoms with Gasteiger partial charge < -0.3 is 19.3 Å². The Bertz CT molecular complexity index is 972. The van der Waals surface area contributed by atoms with Gasteiger partial charge in [0, 0.05) is 52.2 Å².